The molecule has 0 heterocycles. The van der Waals surface area contributed by atoms with E-state index in [0.717, 1.165) is 19.8 Å². The summed E-state index contributed by atoms with van der Waals surface area (Å²) in [5.41, 5.74) is 7.41. The summed E-state index contributed by atoms with van der Waals surface area (Å²) in [4.78, 5) is 2.11. The third kappa shape index (κ3) is 3.59. The first-order valence-electron chi connectivity index (χ1n) is 5.96. The van der Waals surface area contributed by atoms with Gasteiger partial charge in [-0.05, 0) is 55.3 Å². The zero-order chi connectivity index (χ0) is 14.0. The van der Waals surface area contributed by atoms with Crippen LogP contribution in [0.1, 0.15) is 24.1 Å². The third-order valence-corrected chi connectivity index (χ3v) is 4.36. The van der Waals surface area contributed by atoms with Gasteiger partial charge in [0, 0.05) is 20.3 Å². The fourth-order valence-electron chi connectivity index (χ4n) is 1.77. The van der Waals surface area contributed by atoms with Crippen molar-refractivity contribution in [3.05, 3.63) is 57.8 Å². The molecule has 0 aromatic heterocycles. The Bertz CT molecular complexity index is 599. The Kier molecular flexibility index (Phi) is 4.66. The van der Waals surface area contributed by atoms with Gasteiger partial charge in [-0.15, -0.1) is 0 Å². The van der Waals surface area contributed by atoms with Gasteiger partial charge in [-0.2, -0.15) is 0 Å². The minimum absolute atomic E-state index is 0.190. The third-order valence-electron chi connectivity index (χ3n) is 2.81. The van der Waals surface area contributed by atoms with E-state index in [1.807, 2.05) is 37.3 Å². The minimum Gasteiger partial charge on any atom is -0.324 e. The maximum Gasteiger partial charge on any atom is 0.126 e. The first-order valence-corrected chi connectivity index (χ1v) is 7.57. The molecule has 0 saturated carbocycles. The molecule has 1 nitrogen and oxygen atoms in total. The van der Waals surface area contributed by atoms with Gasteiger partial charge < -0.3 is 5.73 Å². The van der Waals surface area contributed by atoms with E-state index in [1.54, 1.807) is 24.8 Å². The van der Waals surface area contributed by atoms with Crippen molar-refractivity contribution < 1.29 is 4.39 Å². The van der Waals surface area contributed by atoms with E-state index in [9.17, 15) is 4.39 Å². The maximum atomic E-state index is 13.7. The van der Waals surface area contributed by atoms with Gasteiger partial charge in [-0.1, -0.05) is 33.8 Å². The lowest BCUT2D eigenvalue weighted by atomic mass is 10.1. The molecule has 0 unspecified atom stereocenters. The van der Waals surface area contributed by atoms with Gasteiger partial charge in [-0.3, -0.25) is 0 Å². The smallest absolute Gasteiger partial charge is 0.126 e. The van der Waals surface area contributed by atoms with E-state index in [4.69, 9.17) is 5.73 Å². The van der Waals surface area contributed by atoms with E-state index in [2.05, 4.69) is 15.9 Å². The predicted molar refractivity (Wildman–Crippen MR) is 82.0 cm³/mol. The summed E-state index contributed by atoms with van der Waals surface area (Å²) in [6.45, 7) is 3.64. The van der Waals surface area contributed by atoms with Gasteiger partial charge in [0.1, 0.15) is 5.82 Å². The van der Waals surface area contributed by atoms with E-state index in [1.165, 1.54) is 0 Å². The molecule has 19 heavy (non-hydrogen) atoms. The molecule has 2 aromatic carbocycles. The molecule has 0 amide bonds. The number of rotatable bonds is 3. The molecule has 0 radical (unpaired) electrons. The van der Waals surface area contributed by atoms with Crippen LogP contribution < -0.4 is 5.73 Å². The average Bonchev–Trinajstić information content (AvgIpc) is 2.33. The topological polar surface area (TPSA) is 26.0 Å². The average molecular weight is 340 g/mol. The Hall–Kier alpha value is -0.840. The van der Waals surface area contributed by atoms with Gasteiger partial charge >= 0.3 is 0 Å². The summed E-state index contributed by atoms with van der Waals surface area (Å²) in [5, 5.41) is 0. The van der Waals surface area contributed by atoms with Gasteiger partial charge in [0.05, 0.1) is 0 Å². The fourth-order valence-corrected chi connectivity index (χ4v) is 3.51. The quantitative estimate of drug-likeness (QED) is 0.844. The molecule has 2 aromatic rings. The number of hydrogen-bond donors (Lipinski definition) is 1. The summed E-state index contributed by atoms with van der Waals surface area (Å²) in [7, 11) is 0. The molecule has 0 spiro atoms. The van der Waals surface area contributed by atoms with Gasteiger partial charge in [0.2, 0.25) is 0 Å². The van der Waals surface area contributed by atoms with Gasteiger partial charge in [0.25, 0.3) is 0 Å². The van der Waals surface area contributed by atoms with Crippen LogP contribution in [0.5, 0.6) is 0 Å². The molecular formula is C15H15BrFNS. The van der Waals surface area contributed by atoms with Crippen LogP contribution in [0.25, 0.3) is 0 Å². The molecule has 0 bridgehead atoms. The second-order valence-electron chi connectivity index (χ2n) is 4.49. The molecule has 0 fully saturated rings. The molecule has 0 aliphatic carbocycles. The molecule has 0 saturated heterocycles. The Balaban J connectivity index is 2.41. The molecule has 2 N–H and O–H groups in total. The van der Waals surface area contributed by atoms with Crippen molar-refractivity contribution in [3.63, 3.8) is 0 Å². The minimum atomic E-state index is -0.203. The van der Waals surface area contributed by atoms with E-state index >= 15 is 0 Å². The van der Waals surface area contributed by atoms with Crippen molar-refractivity contribution in [3.8, 4) is 0 Å². The Labute approximate surface area is 125 Å². The highest BCUT2D eigenvalue weighted by Crippen LogP contribution is 2.35. The van der Waals surface area contributed by atoms with Crippen molar-refractivity contribution in [2.75, 3.05) is 0 Å². The largest absolute Gasteiger partial charge is 0.324 e. The fraction of sp³-hybridized carbons (Fsp3) is 0.200. The molecular weight excluding hydrogens is 325 g/mol. The standard InChI is InChI=1S/C15H15BrFNS/c1-9-6-15(13(10(2)18)8-14(9)17)19-12-5-3-4-11(16)7-12/h3-8,10H,18H2,1-2H3/t10-/m0/s1. The lowest BCUT2D eigenvalue weighted by Crippen LogP contribution is -2.07. The number of aryl methyl sites for hydroxylation is 1. The molecule has 100 valence electrons. The maximum absolute atomic E-state index is 13.7. The highest BCUT2D eigenvalue weighted by molar-refractivity contribution is 9.10. The SMILES string of the molecule is Cc1cc(Sc2cccc(Br)c2)c([C@H](C)N)cc1F. The first kappa shape index (κ1) is 14.6. The lowest BCUT2D eigenvalue weighted by Gasteiger charge is -2.14. The molecule has 1 atom stereocenters. The van der Waals surface area contributed by atoms with E-state index in [-0.39, 0.29) is 11.9 Å². The van der Waals surface area contributed by atoms with Crippen LogP contribution in [0.2, 0.25) is 0 Å². The summed E-state index contributed by atoms with van der Waals surface area (Å²) in [6.07, 6.45) is 0. The lowest BCUT2D eigenvalue weighted by molar-refractivity contribution is 0.610. The summed E-state index contributed by atoms with van der Waals surface area (Å²) in [6, 6.07) is 11.2. The van der Waals surface area contributed by atoms with Crippen molar-refractivity contribution >= 4 is 27.7 Å². The van der Waals surface area contributed by atoms with Crippen LogP contribution in [0.3, 0.4) is 0 Å². The Morgan fingerprint density at radius 3 is 2.63 bits per heavy atom. The summed E-state index contributed by atoms with van der Waals surface area (Å²) < 4.78 is 14.7. The monoisotopic (exact) mass is 339 g/mol. The highest BCUT2D eigenvalue weighted by Gasteiger charge is 2.12. The molecule has 0 aliphatic rings. The predicted octanol–water partition coefficient (Wildman–Crippen LogP) is 5.07. The van der Waals surface area contributed by atoms with Crippen molar-refractivity contribution in [2.45, 2.75) is 29.7 Å². The van der Waals surface area contributed by atoms with E-state index < -0.39 is 0 Å². The van der Waals surface area contributed by atoms with Crippen molar-refractivity contribution in [1.29, 1.82) is 0 Å². The van der Waals surface area contributed by atoms with E-state index in [0.29, 0.717) is 5.56 Å². The molecule has 0 aliphatic heterocycles. The normalized spacial score (nSPS) is 12.5. The van der Waals surface area contributed by atoms with Crippen molar-refractivity contribution in [1.82, 2.24) is 0 Å². The van der Waals surface area contributed by atoms with Gasteiger partial charge in [-0.25, -0.2) is 4.39 Å². The van der Waals surface area contributed by atoms with Gasteiger partial charge in [0.15, 0.2) is 0 Å². The first-order chi connectivity index (χ1) is 8.97. The number of benzene rings is 2. The number of hydrogen-bond acceptors (Lipinski definition) is 2. The Morgan fingerprint density at radius 2 is 2.00 bits per heavy atom. The van der Waals surface area contributed by atoms with Crippen LogP contribution in [-0.4, -0.2) is 0 Å². The zero-order valence-electron chi connectivity index (χ0n) is 10.8. The van der Waals surface area contributed by atoms with Crippen LogP contribution in [-0.2, 0) is 0 Å². The van der Waals surface area contributed by atoms with Crippen LogP contribution in [0.15, 0.2) is 50.7 Å². The van der Waals surface area contributed by atoms with Crippen LogP contribution in [0.4, 0.5) is 4.39 Å². The molecule has 4 heteroatoms. The summed E-state index contributed by atoms with van der Waals surface area (Å²) in [5.74, 6) is -0.203. The zero-order valence-corrected chi connectivity index (χ0v) is 13.2. The highest BCUT2D eigenvalue weighted by atomic mass is 79.9. The number of halogens is 2. The summed E-state index contributed by atoms with van der Waals surface area (Å²) >= 11 is 5.05. The van der Waals surface area contributed by atoms with Crippen LogP contribution >= 0.6 is 27.7 Å². The second kappa shape index (κ2) is 6.07. The second-order valence-corrected chi connectivity index (χ2v) is 6.52. The van der Waals surface area contributed by atoms with Crippen LogP contribution in [0, 0.1) is 12.7 Å². The number of nitrogens with two attached hydrogens (primary N) is 1. The van der Waals surface area contributed by atoms with Crippen molar-refractivity contribution in [2.24, 2.45) is 5.73 Å². The Morgan fingerprint density at radius 1 is 1.26 bits per heavy atom. The molecule has 2 rings (SSSR count).